The Kier molecular flexibility index (Phi) is 8.17. The molecule has 152 valence electrons. The van der Waals surface area contributed by atoms with Gasteiger partial charge in [-0.05, 0) is 48.4 Å². The van der Waals surface area contributed by atoms with E-state index in [0.717, 1.165) is 30.5 Å². The number of nitrogens with one attached hydrogen (secondary N) is 1. The predicted molar refractivity (Wildman–Crippen MR) is 105 cm³/mol. The summed E-state index contributed by atoms with van der Waals surface area (Å²) in [6, 6.07) is 10.2. The van der Waals surface area contributed by atoms with Crippen LogP contribution in [0.25, 0.3) is 0 Å². The van der Waals surface area contributed by atoms with Gasteiger partial charge in [0.1, 0.15) is 0 Å². The first-order valence-corrected chi connectivity index (χ1v) is 9.21. The number of rotatable bonds is 10. The summed E-state index contributed by atoms with van der Waals surface area (Å²) < 4.78 is 49.3. The molecule has 0 unspecified atom stereocenters. The van der Waals surface area contributed by atoms with Crippen LogP contribution in [-0.4, -0.2) is 19.9 Å². The zero-order valence-electron chi connectivity index (χ0n) is 16.1. The Labute approximate surface area is 163 Å². The SMILES string of the molecule is CCCCCCOc1ccc(C=NNc2cccc(C(F)(F)F)c2)cc1OC. The molecule has 7 heteroatoms. The third-order valence-corrected chi connectivity index (χ3v) is 4.04. The Morgan fingerprint density at radius 3 is 2.57 bits per heavy atom. The number of hydrazone groups is 1. The summed E-state index contributed by atoms with van der Waals surface area (Å²) in [5.41, 5.74) is 2.87. The van der Waals surface area contributed by atoms with Gasteiger partial charge in [-0.3, -0.25) is 5.43 Å². The maximum absolute atomic E-state index is 12.7. The van der Waals surface area contributed by atoms with E-state index in [1.54, 1.807) is 25.3 Å². The number of anilines is 1. The highest BCUT2D eigenvalue weighted by molar-refractivity contribution is 5.81. The molecule has 4 nitrogen and oxygen atoms in total. The number of unbranched alkanes of at least 4 members (excludes halogenated alkanes) is 3. The van der Waals surface area contributed by atoms with Crippen molar-refractivity contribution in [3.8, 4) is 11.5 Å². The molecule has 0 aliphatic heterocycles. The van der Waals surface area contributed by atoms with Gasteiger partial charge in [-0.2, -0.15) is 18.3 Å². The number of benzene rings is 2. The van der Waals surface area contributed by atoms with Crippen molar-refractivity contribution in [2.45, 2.75) is 38.8 Å². The number of ether oxygens (including phenoxy) is 2. The van der Waals surface area contributed by atoms with Gasteiger partial charge in [0.15, 0.2) is 11.5 Å². The molecule has 0 atom stereocenters. The molecular formula is C21H25F3N2O2. The van der Waals surface area contributed by atoms with Gasteiger partial charge in [-0.25, -0.2) is 0 Å². The molecule has 2 aromatic carbocycles. The van der Waals surface area contributed by atoms with E-state index < -0.39 is 11.7 Å². The minimum atomic E-state index is -4.39. The predicted octanol–water partition coefficient (Wildman–Crippen LogP) is 6.12. The normalized spacial score (nSPS) is 11.6. The molecule has 0 aromatic heterocycles. The molecule has 0 amide bonds. The van der Waals surface area contributed by atoms with Gasteiger partial charge in [0.05, 0.1) is 31.2 Å². The standard InChI is InChI=1S/C21H25F3N2O2/c1-3-4-5-6-12-28-19-11-10-16(13-20(19)27-2)15-25-26-18-9-7-8-17(14-18)21(22,23)24/h7-11,13-15,26H,3-6,12H2,1-2H3. The number of methoxy groups -OCH3 is 1. The smallest absolute Gasteiger partial charge is 0.416 e. The van der Waals surface area contributed by atoms with Crippen LogP contribution in [0.2, 0.25) is 0 Å². The number of alkyl halides is 3. The van der Waals surface area contributed by atoms with Gasteiger partial charge in [-0.15, -0.1) is 0 Å². The Hall–Kier alpha value is -2.70. The maximum Gasteiger partial charge on any atom is 0.416 e. The van der Waals surface area contributed by atoms with Crippen LogP contribution in [-0.2, 0) is 6.18 Å². The van der Waals surface area contributed by atoms with Crippen molar-refractivity contribution in [2.24, 2.45) is 5.10 Å². The number of nitrogens with zero attached hydrogens (tertiary/aromatic N) is 1. The molecule has 0 aliphatic rings. The molecule has 0 aliphatic carbocycles. The fourth-order valence-electron chi connectivity index (χ4n) is 2.54. The summed E-state index contributed by atoms with van der Waals surface area (Å²) >= 11 is 0. The van der Waals surface area contributed by atoms with Gasteiger partial charge in [0.25, 0.3) is 0 Å². The van der Waals surface area contributed by atoms with E-state index in [1.165, 1.54) is 31.2 Å². The molecule has 0 bridgehead atoms. The first-order chi connectivity index (χ1) is 13.4. The minimum Gasteiger partial charge on any atom is -0.493 e. The monoisotopic (exact) mass is 394 g/mol. The van der Waals surface area contributed by atoms with E-state index in [9.17, 15) is 13.2 Å². The summed E-state index contributed by atoms with van der Waals surface area (Å²) in [6.45, 7) is 2.78. The molecule has 0 radical (unpaired) electrons. The van der Waals surface area contributed by atoms with Crippen LogP contribution in [0.1, 0.15) is 43.7 Å². The van der Waals surface area contributed by atoms with Crippen molar-refractivity contribution >= 4 is 11.9 Å². The van der Waals surface area contributed by atoms with Crippen molar-refractivity contribution in [3.05, 3.63) is 53.6 Å². The summed E-state index contributed by atoms with van der Waals surface area (Å²) in [6.07, 6.45) is 1.60. The molecule has 0 fully saturated rings. The fourth-order valence-corrected chi connectivity index (χ4v) is 2.54. The molecule has 0 spiro atoms. The van der Waals surface area contributed by atoms with E-state index in [2.05, 4.69) is 17.5 Å². The molecule has 0 saturated carbocycles. The molecule has 2 aromatic rings. The fraction of sp³-hybridized carbons (Fsp3) is 0.381. The summed E-state index contributed by atoms with van der Waals surface area (Å²) in [4.78, 5) is 0. The summed E-state index contributed by atoms with van der Waals surface area (Å²) in [5.74, 6) is 1.24. The lowest BCUT2D eigenvalue weighted by Crippen LogP contribution is -2.05. The molecule has 1 N–H and O–H groups in total. The third-order valence-electron chi connectivity index (χ3n) is 4.04. The van der Waals surface area contributed by atoms with Crippen LogP contribution >= 0.6 is 0 Å². The Bertz CT molecular complexity index is 776. The van der Waals surface area contributed by atoms with Gasteiger partial charge in [0, 0.05) is 0 Å². The van der Waals surface area contributed by atoms with Gasteiger partial charge >= 0.3 is 6.18 Å². The zero-order chi connectivity index (χ0) is 20.4. The van der Waals surface area contributed by atoms with Gasteiger partial charge < -0.3 is 9.47 Å². The second-order valence-electron chi connectivity index (χ2n) is 6.27. The first kappa shape index (κ1) is 21.6. The van der Waals surface area contributed by atoms with Crippen LogP contribution in [0, 0.1) is 0 Å². The highest BCUT2D eigenvalue weighted by Gasteiger charge is 2.30. The number of hydrogen-bond acceptors (Lipinski definition) is 4. The number of halogens is 3. The average molecular weight is 394 g/mol. The van der Waals surface area contributed by atoms with Crippen molar-refractivity contribution in [2.75, 3.05) is 19.1 Å². The van der Waals surface area contributed by atoms with Crippen molar-refractivity contribution in [3.63, 3.8) is 0 Å². The Morgan fingerprint density at radius 1 is 1.04 bits per heavy atom. The highest BCUT2D eigenvalue weighted by atomic mass is 19.4. The summed E-state index contributed by atoms with van der Waals surface area (Å²) in [7, 11) is 1.56. The maximum atomic E-state index is 12.7. The van der Waals surface area contributed by atoms with E-state index in [4.69, 9.17) is 9.47 Å². The van der Waals surface area contributed by atoms with Crippen molar-refractivity contribution in [1.82, 2.24) is 0 Å². The van der Waals surface area contributed by atoms with Crippen LogP contribution < -0.4 is 14.9 Å². The van der Waals surface area contributed by atoms with Crippen LogP contribution in [0.3, 0.4) is 0 Å². The molecule has 2 rings (SSSR count). The van der Waals surface area contributed by atoms with Crippen LogP contribution in [0.15, 0.2) is 47.6 Å². The minimum absolute atomic E-state index is 0.255. The lowest BCUT2D eigenvalue weighted by Gasteiger charge is -2.11. The topological polar surface area (TPSA) is 42.8 Å². The van der Waals surface area contributed by atoms with Crippen molar-refractivity contribution in [1.29, 1.82) is 0 Å². The van der Waals surface area contributed by atoms with E-state index in [1.807, 2.05) is 0 Å². The molecule has 0 saturated heterocycles. The van der Waals surface area contributed by atoms with E-state index in [0.29, 0.717) is 18.1 Å². The molecular weight excluding hydrogens is 369 g/mol. The van der Waals surface area contributed by atoms with Crippen LogP contribution in [0.4, 0.5) is 18.9 Å². The lowest BCUT2D eigenvalue weighted by atomic mass is 10.2. The van der Waals surface area contributed by atoms with E-state index >= 15 is 0 Å². The van der Waals surface area contributed by atoms with Crippen LogP contribution in [0.5, 0.6) is 11.5 Å². The molecule has 0 heterocycles. The molecule has 28 heavy (non-hydrogen) atoms. The third kappa shape index (κ3) is 6.79. The Morgan fingerprint density at radius 2 is 1.86 bits per heavy atom. The quantitative estimate of drug-likeness (QED) is 0.300. The second-order valence-corrected chi connectivity index (χ2v) is 6.27. The van der Waals surface area contributed by atoms with Crippen molar-refractivity contribution < 1.29 is 22.6 Å². The number of hydrogen-bond donors (Lipinski definition) is 1. The van der Waals surface area contributed by atoms with Gasteiger partial charge in [-0.1, -0.05) is 32.3 Å². The van der Waals surface area contributed by atoms with E-state index in [-0.39, 0.29) is 5.69 Å². The summed E-state index contributed by atoms with van der Waals surface area (Å²) in [5, 5.41) is 4.00. The Balaban J connectivity index is 1.96. The highest BCUT2D eigenvalue weighted by Crippen LogP contribution is 2.31. The van der Waals surface area contributed by atoms with Gasteiger partial charge in [0.2, 0.25) is 0 Å². The second kappa shape index (κ2) is 10.6. The zero-order valence-corrected chi connectivity index (χ0v) is 16.1. The first-order valence-electron chi connectivity index (χ1n) is 9.21. The lowest BCUT2D eigenvalue weighted by molar-refractivity contribution is -0.137. The average Bonchev–Trinajstić information content (AvgIpc) is 2.68. The largest absolute Gasteiger partial charge is 0.493 e.